The first-order valence-corrected chi connectivity index (χ1v) is 22.3. The number of nitrogens with one attached hydrogen (secondary N) is 1. The summed E-state index contributed by atoms with van der Waals surface area (Å²) in [7, 11) is 3.14. The van der Waals surface area contributed by atoms with Crippen LogP contribution in [0.5, 0.6) is 0 Å². The van der Waals surface area contributed by atoms with Crippen LogP contribution in [-0.4, -0.2) is 107 Å². The van der Waals surface area contributed by atoms with Crippen LogP contribution in [-0.2, 0) is 40.1 Å². The molecule has 0 radical (unpaired) electrons. The number of benzene rings is 2. The molecule has 2 aromatic rings. The molecule has 62 heavy (non-hydrogen) atoms. The van der Waals surface area contributed by atoms with Crippen molar-refractivity contribution >= 4 is 42.2 Å². The number of likely N-dealkylation sites (tertiary alicyclic amines) is 1. The summed E-state index contributed by atoms with van der Waals surface area (Å²) in [5.41, 5.74) is 2.54. The van der Waals surface area contributed by atoms with Crippen LogP contribution in [0, 0.1) is 48.3 Å². The van der Waals surface area contributed by atoms with Gasteiger partial charge in [0, 0.05) is 69.2 Å². The Balaban J connectivity index is 1.76. The molecule has 1 aliphatic rings. The molecule has 1 fully saturated rings. The first kappa shape index (κ1) is 51.4. The van der Waals surface area contributed by atoms with Crippen molar-refractivity contribution in [1.82, 2.24) is 20.0 Å². The molecule has 3 rings (SSSR count). The first-order valence-electron chi connectivity index (χ1n) is 22.3. The molecule has 2 N–H and O–H groups in total. The van der Waals surface area contributed by atoms with Crippen molar-refractivity contribution < 1.29 is 43.4 Å². The average Bonchev–Trinajstić information content (AvgIpc) is 3.74. The van der Waals surface area contributed by atoms with E-state index in [2.05, 4.69) is 5.32 Å². The van der Waals surface area contributed by atoms with Crippen LogP contribution in [0.2, 0.25) is 0 Å². The van der Waals surface area contributed by atoms with Crippen molar-refractivity contribution in [1.29, 1.82) is 0 Å². The summed E-state index contributed by atoms with van der Waals surface area (Å²) in [5, 5.41) is 13.7. The second-order valence-corrected chi connectivity index (χ2v) is 18.1. The number of aldehydes is 2. The Hall–Kier alpha value is -4.91. The number of hydrogen-bond donors (Lipinski definition) is 2. The molecule has 4 amide bonds. The summed E-state index contributed by atoms with van der Waals surface area (Å²) in [6.45, 7) is 17.0. The molecular weight excluding hydrogens is 789 g/mol. The predicted octanol–water partition coefficient (Wildman–Crippen LogP) is 6.58. The van der Waals surface area contributed by atoms with Gasteiger partial charge >= 0.3 is 6.09 Å². The van der Waals surface area contributed by atoms with E-state index >= 15 is 0 Å². The van der Waals surface area contributed by atoms with E-state index in [9.17, 15) is 38.7 Å². The number of carbonyl (C=O) groups excluding carboxylic acids is 7. The minimum Gasteiger partial charge on any atom is -0.445 e. The number of hydrogen-bond acceptors (Lipinski definition) is 9. The SMILES string of the molecule is CC[C@H](C)[C@@H](C(C=O)CC(=O)N1CCC[C@H]1[C@H](C=O)[C@@H](C)C(=O)N[C@H](C)[C@@H](O)c1ccccc1)N(C)C(=O)[C@@H](CC(=O)[C@H](C(C)C)N(C)C(=O)OCc1ccc(C)cc1)C(C)C. The van der Waals surface area contributed by atoms with E-state index in [1.165, 1.54) is 16.8 Å². The molecular formula is C49H72N4O9. The Morgan fingerprint density at radius 1 is 0.871 bits per heavy atom. The van der Waals surface area contributed by atoms with E-state index in [0.717, 1.165) is 17.4 Å². The largest absolute Gasteiger partial charge is 0.445 e. The molecule has 13 nitrogen and oxygen atoms in total. The number of aryl methyl sites for hydroxylation is 1. The standard InChI is InChI=1S/C49H72N4O9/c1-12-33(7)45(51(10)48(60)39(30(2)3)26-42(56)44(31(4)5)52(11)49(61)62-29-36-22-20-32(6)21-23-36)38(27-54)25-43(57)53-24-16-19-41(53)40(28-55)34(8)47(59)50-35(9)46(58)37-17-14-13-15-18-37/h13-15,17-18,20-23,27-28,30-31,33-35,38-41,44-46,58H,12,16,19,24-26,29H2,1-11H3,(H,50,59)/t33-,34+,35+,38?,39-,40+,41-,44-,45-,46+/m0/s1. The third kappa shape index (κ3) is 13.3. The lowest BCUT2D eigenvalue weighted by Crippen LogP contribution is -2.52. The summed E-state index contributed by atoms with van der Waals surface area (Å²) >= 11 is 0. The van der Waals surface area contributed by atoms with Crippen molar-refractivity contribution in [3.8, 4) is 0 Å². The molecule has 1 saturated heterocycles. The molecule has 1 aliphatic heterocycles. The maximum atomic E-state index is 14.5. The lowest BCUT2D eigenvalue weighted by atomic mass is 9.81. The molecule has 0 saturated carbocycles. The Bertz CT molecular complexity index is 1800. The highest BCUT2D eigenvalue weighted by Crippen LogP contribution is 2.33. The monoisotopic (exact) mass is 861 g/mol. The zero-order valence-corrected chi connectivity index (χ0v) is 38.8. The van der Waals surface area contributed by atoms with Crippen molar-refractivity contribution in [2.75, 3.05) is 20.6 Å². The molecule has 1 heterocycles. The number of aliphatic hydroxyl groups excluding tert-OH is 1. The van der Waals surface area contributed by atoms with Gasteiger partial charge in [0.15, 0.2) is 5.78 Å². The summed E-state index contributed by atoms with van der Waals surface area (Å²) in [6, 6.07) is 13.8. The van der Waals surface area contributed by atoms with E-state index in [1.807, 2.05) is 78.8 Å². The second kappa shape index (κ2) is 24.1. The van der Waals surface area contributed by atoms with E-state index in [-0.39, 0.29) is 54.8 Å². The number of ketones is 1. The van der Waals surface area contributed by atoms with Gasteiger partial charge in [-0.05, 0) is 55.6 Å². The van der Waals surface area contributed by atoms with Gasteiger partial charge in [0.25, 0.3) is 0 Å². The summed E-state index contributed by atoms with van der Waals surface area (Å²) in [6.07, 6.45) is 1.17. The number of nitrogens with zero attached hydrogens (tertiary/aromatic N) is 3. The summed E-state index contributed by atoms with van der Waals surface area (Å²) < 4.78 is 5.56. The Labute approximate surface area is 369 Å². The highest BCUT2D eigenvalue weighted by molar-refractivity contribution is 5.92. The molecule has 10 atom stereocenters. The molecule has 342 valence electrons. The topological polar surface area (TPSA) is 171 Å². The fourth-order valence-corrected chi connectivity index (χ4v) is 8.93. The normalized spacial score (nSPS) is 18.4. The first-order chi connectivity index (χ1) is 29.3. The predicted molar refractivity (Wildman–Crippen MR) is 238 cm³/mol. The van der Waals surface area contributed by atoms with Gasteiger partial charge < -0.3 is 39.4 Å². The molecule has 0 aliphatic carbocycles. The fraction of sp³-hybridized carbons (Fsp3) is 0.612. The lowest BCUT2D eigenvalue weighted by Gasteiger charge is -2.40. The van der Waals surface area contributed by atoms with Gasteiger partial charge in [-0.15, -0.1) is 0 Å². The Kier molecular flexibility index (Phi) is 20.0. The molecule has 0 bridgehead atoms. The Morgan fingerprint density at radius 2 is 1.50 bits per heavy atom. The van der Waals surface area contributed by atoms with Crippen molar-refractivity contribution in [3.63, 3.8) is 0 Å². The smallest absolute Gasteiger partial charge is 0.410 e. The van der Waals surface area contributed by atoms with E-state index in [1.54, 1.807) is 50.1 Å². The average molecular weight is 861 g/mol. The highest BCUT2D eigenvalue weighted by Gasteiger charge is 2.43. The molecule has 0 spiro atoms. The number of amides is 4. The molecule has 13 heteroatoms. The molecule has 2 aromatic carbocycles. The van der Waals surface area contributed by atoms with Crippen molar-refractivity contribution in [3.05, 3.63) is 71.3 Å². The molecule has 0 aromatic heterocycles. The van der Waals surface area contributed by atoms with Crippen molar-refractivity contribution in [2.24, 2.45) is 41.4 Å². The lowest BCUT2D eigenvalue weighted by molar-refractivity contribution is -0.146. The van der Waals surface area contributed by atoms with Crippen LogP contribution in [0.15, 0.2) is 54.6 Å². The second-order valence-electron chi connectivity index (χ2n) is 18.1. The van der Waals surface area contributed by atoms with Crippen LogP contribution in [0.1, 0.15) is 110 Å². The highest BCUT2D eigenvalue weighted by atomic mass is 16.6. The van der Waals surface area contributed by atoms with Gasteiger partial charge in [-0.2, -0.15) is 0 Å². The third-order valence-electron chi connectivity index (χ3n) is 12.9. The summed E-state index contributed by atoms with van der Waals surface area (Å²) in [4.78, 5) is 99.5. The maximum absolute atomic E-state index is 14.5. The fourth-order valence-electron chi connectivity index (χ4n) is 8.93. The number of carbonyl (C=O) groups is 7. The number of Topliss-reactive ketones (excluding diaryl/α,β-unsaturated/α-hetero) is 1. The summed E-state index contributed by atoms with van der Waals surface area (Å²) in [5.74, 6) is -5.47. The van der Waals surface area contributed by atoms with Gasteiger partial charge in [-0.25, -0.2) is 4.79 Å². The van der Waals surface area contributed by atoms with Crippen LogP contribution >= 0.6 is 0 Å². The third-order valence-corrected chi connectivity index (χ3v) is 12.9. The number of likely N-dealkylation sites (N-methyl/N-ethyl adjacent to an activating group) is 1. The van der Waals surface area contributed by atoms with Gasteiger partial charge in [0.05, 0.1) is 18.2 Å². The van der Waals surface area contributed by atoms with Crippen LogP contribution in [0.25, 0.3) is 0 Å². The zero-order chi connectivity index (χ0) is 46.4. The van der Waals surface area contributed by atoms with Crippen LogP contribution in [0.3, 0.4) is 0 Å². The number of ether oxygens (including phenoxy) is 1. The van der Waals surface area contributed by atoms with E-state index < -0.39 is 65.9 Å². The molecule has 1 unspecified atom stereocenters. The minimum absolute atomic E-state index is 0.0464. The van der Waals surface area contributed by atoms with E-state index in [4.69, 9.17) is 4.74 Å². The van der Waals surface area contributed by atoms with Crippen LogP contribution in [0.4, 0.5) is 4.79 Å². The number of rotatable bonds is 23. The van der Waals surface area contributed by atoms with E-state index in [0.29, 0.717) is 37.7 Å². The number of aliphatic hydroxyl groups is 1. The minimum atomic E-state index is -0.962. The quantitative estimate of drug-likeness (QED) is 0.117. The van der Waals surface area contributed by atoms with Crippen molar-refractivity contribution in [2.45, 2.75) is 131 Å². The maximum Gasteiger partial charge on any atom is 0.410 e. The van der Waals surface area contributed by atoms with Crippen LogP contribution < -0.4 is 5.32 Å². The van der Waals surface area contributed by atoms with Gasteiger partial charge in [-0.3, -0.25) is 19.2 Å². The Morgan fingerprint density at radius 3 is 2.05 bits per heavy atom. The van der Waals surface area contributed by atoms with Gasteiger partial charge in [0.2, 0.25) is 17.7 Å². The van der Waals surface area contributed by atoms with Gasteiger partial charge in [0.1, 0.15) is 19.2 Å². The zero-order valence-electron chi connectivity index (χ0n) is 38.8. The van der Waals surface area contributed by atoms with Gasteiger partial charge in [-0.1, -0.05) is 115 Å².